The van der Waals surface area contributed by atoms with Gasteiger partial charge in [0.2, 0.25) is 0 Å². The highest BCUT2D eigenvalue weighted by molar-refractivity contribution is 9.09. The standard InChI is InChI=1S/C19H21Br/c1-13-6-7-15(10-14(13)2)11-19(20)18-9-8-16-4-3-5-17(16)12-18/h6-10,12,19H,3-5,11H2,1-2H3. The summed E-state index contributed by atoms with van der Waals surface area (Å²) in [4.78, 5) is 0.413. The first-order valence-corrected chi connectivity index (χ1v) is 8.37. The third kappa shape index (κ3) is 2.83. The van der Waals surface area contributed by atoms with E-state index in [4.69, 9.17) is 0 Å². The predicted octanol–water partition coefficient (Wildman–Crippen LogP) is 5.47. The second-order valence-electron chi connectivity index (χ2n) is 5.97. The SMILES string of the molecule is Cc1ccc(CC(Br)c2ccc3c(c2)CCC3)cc1C. The van der Waals surface area contributed by atoms with Crippen molar-refractivity contribution in [2.75, 3.05) is 0 Å². The van der Waals surface area contributed by atoms with Crippen molar-refractivity contribution in [3.8, 4) is 0 Å². The maximum absolute atomic E-state index is 3.87. The molecule has 0 aromatic heterocycles. The summed E-state index contributed by atoms with van der Waals surface area (Å²) in [5.74, 6) is 0. The Morgan fingerprint density at radius 1 is 0.950 bits per heavy atom. The fourth-order valence-corrected chi connectivity index (χ4v) is 3.70. The van der Waals surface area contributed by atoms with E-state index < -0.39 is 0 Å². The zero-order chi connectivity index (χ0) is 14.1. The molecule has 0 bridgehead atoms. The molecule has 0 radical (unpaired) electrons. The van der Waals surface area contributed by atoms with Gasteiger partial charge < -0.3 is 0 Å². The highest BCUT2D eigenvalue weighted by atomic mass is 79.9. The van der Waals surface area contributed by atoms with Crippen molar-refractivity contribution in [1.82, 2.24) is 0 Å². The van der Waals surface area contributed by atoms with Gasteiger partial charge in [-0.25, -0.2) is 0 Å². The van der Waals surface area contributed by atoms with Crippen LogP contribution < -0.4 is 0 Å². The minimum atomic E-state index is 0.413. The number of aryl methyl sites for hydroxylation is 4. The van der Waals surface area contributed by atoms with E-state index in [-0.39, 0.29) is 0 Å². The van der Waals surface area contributed by atoms with Gasteiger partial charge in [0, 0.05) is 4.83 Å². The minimum absolute atomic E-state index is 0.413. The lowest BCUT2D eigenvalue weighted by Gasteiger charge is -2.13. The number of hydrogen-bond donors (Lipinski definition) is 0. The Balaban J connectivity index is 1.78. The Kier molecular flexibility index (Phi) is 3.98. The predicted molar refractivity (Wildman–Crippen MR) is 89.8 cm³/mol. The third-order valence-electron chi connectivity index (χ3n) is 4.47. The summed E-state index contributed by atoms with van der Waals surface area (Å²) in [7, 11) is 0. The Morgan fingerprint density at radius 3 is 2.55 bits per heavy atom. The largest absolute Gasteiger partial charge is 0.0835 e. The zero-order valence-corrected chi connectivity index (χ0v) is 13.8. The molecular weight excluding hydrogens is 308 g/mol. The van der Waals surface area contributed by atoms with Crippen LogP contribution in [0.5, 0.6) is 0 Å². The topological polar surface area (TPSA) is 0 Å². The Labute approximate surface area is 130 Å². The highest BCUT2D eigenvalue weighted by Crippen LogP contribution is 2.31. The van der Waals surface area contributed by atoms with Crippen molar-refractivity contribution in [2.24, 2.45) is 0 Å². The van der Waals surface area contributed by atoms with Crippen LogP contribution in [-0.2, 0) is 19.3 Å². The Morgan fingerprint density at radius 2 is 1.75 bits per heavy atom. The number of halogens is 1. The summed E-state index contributed by atoms with van der Waals surface area (Å²) in [6.45, 7) is 4.36. The zero-order valence-electron chi connectivity index (χ0n) is 12.2. The Hall–Kier alpha value is -1.08. The molecule has 2 aromatic carbocycles. The van der Waals surface area contributed by atoms with E-state index in [0.29, 0.717) is 4.83 Å². The van der Waals surface area contributed by atoms with Crippen LogP contribution in [0.2, 0.25) is 0 Å². The van der Waals surface area contributed by atoms with E-state index in [2.05, 4.69) is 66.2 Å². The molecular formula is C19H21Br. The van der Waals surface area contributed by atoms with Gasteiger partial charge >= 0.3 is 0 Å². The van der Waals surface area contributed by atoms with Crippen LogP contribution >= 0.6 is 15.9 Å². The fourth-order valence-electron chi connectivity index (χ4n) is 3.04. The van der Waals surface area contributed by atoms with Gasteiger partial charge in [-0.15, -0.1) is 0 Å². The third-order valence-corrected chi connectivity index (χ3v) is 5.32. The van der Waals surface area contributed by atoms with E-state index in [0.717, 1.165) is 6.42 Å². The summed E-state index contributed by atoms with van der Waals surface area (Å²) in [5.41, 5.74) is 8.71. The number of benzene rings is 2. The van der Waals surface area contributed by atoms with Crippen molar-refractivity contribution in [3.05, 3.63) is 69.8 Å². The fraction of sp³-hybridized carbons (Fsp3) is 0.368. The van der Waals surface area contributed by atoms with Crippen LogP contribution in [0, 0.1) is 13.8 Å². The molecule has 1 aliphatic rings. The molecule has 1 atom stereocenters. The summed E-state index contributed by atoms with van der Waals surface area (Å²) < 4.78 is 0. The number of rotatable bonds is 3. The van der Waals surface area contributed by atoms with Crippen LogP contribution in [-0.4, -0.2) is 0 Å². The van der Waals surface area contributed by atoms with Crippen molar-refractivity contribution in [3.63, 3.8) is 0 Å². The van der Waals surface area contributed by atoms with Crippen LogP contribution in [0.1, 0.15) is 44.6 Å². The lowest BCUT2D eigenvalue weighted by Crippen LogP contribution is -1.98. The lowest BCUT2D eigenvalue weighted by molar-refractivity contribution is 0.909. The van der Waals surface area contributed by atoms with Crippen molar-refractivity contribution in [1.29, 1.82) is 0 Å². The first kappa shape index (κ1) is 13.9. The molecule has 0 spiro atoms. The van der Waals surface area contributed by atoms with Crippen molar-refractivity contribution in [2.45, 2.75) is 44.4 Å². The number of alkyl halides is 1. The average Bonchev–Trinajstić information content (AvgIpc) is 2.90. The number of hydrogen-bond acceptors (Lipinski definition) is 0. The van der Waals surface area contributed by atoms with E-state index in [1.165, 1.54) is 41.5 Å². The van der Waals surface area contributed by atoms with Crippen molar-refractivity contribution >= 4 is 15.9 Å². The van der Waals surface area contributed by atoms with Gasteiger partial charge in [-0.1, -0.05) is 52.3 Å². The van der Waals surface area contributed by atoms with E-state index in [1.807, 2.05) is 0 Å². The molecule has 104 valence electrons. The number of fused-ring (bicyclic) bond motifs is 1. The highest BCUT2D eigenvalue weighted by Gasteiger charge is 2.14. The van der Waals surface area contributed by atoms with Crippen LogP contribution in [0.15, 0.2) is 36.4 Å². The molecule has 0 aliphatic heterocycles. The quantitative estimate of drug-likeness (QED) is 0.655. The maximum atomic E-state index is 3.87. The second kappa shape index (κ2) is 5.73. The first-order valence-electron chi connectivity index (χ1n) is 7.45. The van der Waals surface area contributed by atoms with E-state index >= 15 is 0 Å². The molecule has 0 fully saturated rings. The maximum Gasteiger partial charge on any atom is 0.0435 e. The van der Waals surface area contributed by atoms with Crippen LogP contribution in [0.25, 0.3) is 0 Å². The normalized spacial score (nSPS) is 15.2. The van der Waals surface area contributed by atoms with Gasteiger partial charge in [-0.05, 0) is 72.9 Å². The van der Waals surface area contributed by atoms with Gasteiger partial charge in [-0.3, -0.25) is 0 Å². The van der Waals surface area contributed by atoms with Crippen LogP contribution in [0.3, 0.4) is 0 Å². The van der Waals surface area contributed by atoms with Gasteiger partial charge in [0.1, 0.15) is 0 Å². The average molecular weight is 329 g/mol. The second-order valence-corrected chi connectivity index (χ2v) is 7.08. The molecule has 0 saturated carbocycles. The van der Waals surface area contributed by atoms with Gasteiger partial charge in [0.15, 0.2) is 0 Å². The minimum Gasteiger partial charge on any atom is -0.0835 e. The van der Waals surface area contributed by atoms with E-state index in [9.17, 15) is 0 Å². The molecule has 0 heterocycles. The van der Waals surface area contributed by atoms with E-state index in [1.54, 1.807) is 11.1 Å². The molecule has 20 heavy (non-hydrogen) atoms. The summed E-state index contributed by atoms with van der Waals surface area (Å²) in [6.07, 6.45) is 4.90. The lowest BCUT2D eigenvalue weighted by atomic mass is 9.98. The van der Waals surface area contributed by atoms with Crippen LogP contribution in [0.4, 0.5) is 0 Å². The van der Waals surface area contributed by atoms with Gasteiger partial charge in [-0.2, -0.15) is 0 Å². The first-order chi connectivity index (χ1) is 9.63. The van der Waals surface area contributed by atoms with Crippen molar-refractivity contribution < 1.29 is 0 Å². The smallest absolute Gasteiger partial charge is 0.0435 e. The van der Waals surface area contributed by atoms with Gasteiger partial charge in [0.25, 0.3) is 0 Å². The molecule has 2 aromatic rings. The molecule has 0 saturated heterocycles. The Bertz CT molecular complexity index is 628. The molecule has 1 heteroatoms. The molecule has 3 rings (SSSR count). The molecule has 0 amide bonds. The van der Waals surface area contributed by atoms with Gasteiger partial charge in [0.05, 0.1) is 0 Å². The molecule has 1 aliphatic carbocycles. The summed E-state index contributed by atoms with van der Waals surface area (Å²) in [5, 5.41) is 0. The molecule has 0 N–H and O–H groups in total. The summed E-state index contributed by atoms with van der Waals surface area (Å²) in [6, 6.07) is 13.8. The summed E-state index contributed by atoms with van der Waals surface area (Å²) >= 11 is 3.87. The molecule has 0 nitrogen and oxygen atoms in total. The molecule has 1 unspecified atom stereocenters. The monoisotopic (exact) mass is 328 g/mol.